The second kappa shape index (κ2) is 8.10. The highest BCUT2D eigenvalue weighted by molar-refractivity contribution is 9.10. The van der Waals surface area contributed by atoms with Crippen LogP contribution in [0.2, 0.25) is 0 Å². The minimum Gasteiger partial charge on any atom is -0.481 e. The number of halogens is 1. The number of benzene rings is 1. The minimum atomic E-state index is -0.942. The SMILES string of the molecule is O=C(O)CC(NC(=O)CCc1ccsc1)c1cccc(Br)c1. The zero-order valence-electron chi connectivity index (χ0n) is 11.8. The normalized spacial score (nSPS) is 11.9. The van der Waals surface area contributed by atoms with Gasteiger partial charge in [-0.05, 0) is 46.5 Å². The van der Waals surface area contributed by atoms with Gasteiger partial charge in [0.2, 0.25) is 5.91 Å². The number of aliphatic carboxylic acids is 1. The summed E-state index contributed by atoms with van der Waals surface area (Å²) in [7, 11) is 0. The molecule has 0 aliphatic rings. The van der Waals surface area contributed by atoms with Gasteiger partial charge in [-0.25, -0.2) is 0 Å². The Hall–Kier alpha value is -1.66. The molecule has 1 amide bonds. The number of carboxylic acid groups (broad SMARTS) is 1. The van der Waals surface area contributed by atoms with Crippen LogP contribution in [0.5, 0.6) is 0 Å². The largest absolute Gasteiger partial charge is 0.481 e. The van der Waals surface area contributed by atoms with Crippen molar-refractivity contribution in [2.75, 3.05) is 0 Å². The Morgan fingerprint density at radius 3 is 2.77 bits per heavy atom. The maximum Gasteiger partial charge on any atom is 0.305 e. The van der Waals surface area contributed by atoms with E-state index in [2.05, 4.69) is 21.2 Å². The number of carbonyl (C=O) groups excluding carboxylic acids is 1. The van der Waals surface area contributed by atoms with Crippen molar-refractivity contribution in [3.63, 3.8) is 0 Å². The van der Waals surface area contributed by atoms with E-state index in [1.807, 2.05) is 41.1 Å². The van der Waals surface area contributed by atoms with E-state index in [0.717, 1.165) is 15.6 Å². The van der Waals surface area contributed by atoms with Gasteiger partial charge >= 0.3 is 5.97 Å². The summed E-state index contributed by atoms with van der Waals surface area (Å²) in [6.07, 6.45) is 0.870. The number of carbonyl (C=O) groups is 2. The Morgan fingerprint density at radius 2 is 2.14 bits per heavy atom. The molecule has 116 valence electrons. The molecule has 0 saturated carbocycles. The first kappa shape index (κ1) is 16.7. The van der Waals surface area contributed by atoms with E-state index in [-0.39, 0.29) is 12.3 Å². The summed E-state index contributed by atoms with van der Waals surface area (Å²) in [4.78, 5) is 23.1. The Labute approximate surface area is 141 Å². The predicted octanol–water partition coefficient (Wildman–Crippen LogP) is 3.78. The minimum absolute atomic E-state index is 0.138. The lowest BCUT2D eigenvalue weighted by Crippen LogP contribution is -2.30. The van der Waals surface area contributed by atoms with Gasteiger partial charge < -0.3 is 10.4 Å². The summed E-state index contributed by atoms with van der Waals surface area (Å²) in [6.45, 7) is 0. The number of thiophene rings is 1. The smallest absolute Gasteiger partial charge is 0.305 e. The van der Waals surface area contributed by atoms with Gasteiger partial charge in [-0.3, -0.25) is 9.59 Å². The number of hydrogen-bond acceptors (Lipinski definition) is 3. The third-order valence-corrected chi connectivity index (χ3v) is 4.41. The summed E-state index contributed by atoms with van der Waals surface area (Å²) in [5.74, 6) is -1.08. The quantitative estimate of drug-likeness (QED) is 0.766. The van der Waals surface area contributed by atoms with Crippen molar-refractivity contribution in [1.82, 2.24) is 5.32 Å². The molecule has 1 atom stereocenters. The van der Waals surface area contributed by atoms with Crippen LogP contribution in [0.3, 0.4) is 0 Å². The molecule has 0 saturated heterocycles. The molecular weight excluding hydrogens is 366 g/mol. The van der Waals surface area contributed by atoms with Crippen LogP contribution in [0.25, 0.3) is 0 Å². The molecule has 0 aliphatic heterocycles. The summed E-state index contributed by atoms with van der Waals surface area (Å²) in [5.41, 5.74) is 1.90. The van der Waals surface area contributed by atoms with Crippen molar-refractivity contribution in [2.24, 2.45) is 0 Å². The molecule has 0 bridgehead atoms. The first-order chi connectivity index (χ1) is 10.5. The molecule has 1 heterocycles. The van der Waals surface area contributed by atoms with Gasteiger partial charge in [-0.15, -0.1) is 0 Å². The first-order valence-electron chi connectivity index (χ1n) is 6.82. The average Bonchev–Trinajstić information content (AvgIpc) is 2.97. The monoisotopic (exact) mass is 381 g/mol. The lowest BCUT2D eigenvalue weighted by atomic mass is 10.0. The van der Waals surface area contributed by atoms with Crippen molar-refractivity contribution in [3.05, 3.63) is 56.7 Å². The fourth-order valence-electron chi connectivity index (χ4n) is 2.11. The van der Waals surface area contributed by atoms with Gasteiger partial charge in [0.1, 0.15) is 0 Å². The molecule has 0 radical (unpaired) electrons. The molecule has 2 aromatic rings. The lowest BCUT2D eigenvalue weighted by molar-refractivity contribution is -0.137. The second-order valence-electron chi connectivity index (χ2n) is 4.90. The van der Waals surface area contributed by atoms with E-state index in [1.165, 1.54) is 0 Å². The zero-order chi connectivity index (χ0) is 15.9. The van der Waals surface area contributed by atoms with Crippen LogP contribution in [-0.2, 0) is 16.0 Å². The number of nitrogens with one attached hydrogen (secondary N) is 1. The summed E-state index contributed by atoms with van der Waals surface area (Å²) >= 11 is 4.96. The van der Waals surface area contributed by atoms with E-state index < -0.39 is 12.0 Å². The molecule has 2 rings (SSSR count). The molecule has 6 heteroatoms. The third-order valence-electron chi connectivity index (χ3n) is 3.19. The Balaban J connectivity index is 1.99. The number of hydrogen-bond donors (Lipinski definition) is 2. The van der Waals surface area contributed by atoms with Gasteiger partial charge in [0.15, 0.2) is 0 Å². The van der Waals surface area contributed by atoms with E-state index in [0.29, 0.717) is 12.8 Å². The summed E-state index contributed by atoms with van der Waals surface area (Å²) < 4.78 is 0.855. The zero-order valence-corrected chi connectivity index (χ0v) is 14.2. The summed E-state index contributed by atoms with van der Waals surface area (Å²) in [5, 5.41) is 15.8. The van der Waals surface area contributed by atoms with E-state index in [9.17, 15) is 9.59 Å². The Morgan fingerprint density at radius 1 is 1.32 bits per heavy atom. The van der Waals surface area contributed by atoms with Crippen LogP contribution in [-0.4, -0.2) is 17.0 Å². The van der Waals surface area contributed by atoms with Crippen LogP contribution >= 0.6 is 27.3 Å². The van der Waals surface area contributed by atoms with Crippen LogP contribution < -0.4 is 5.32 Å². The van der Waals surface area contributed by atoms with E-state index in [4.69, 9.17) is 5.11 Å². The molecule has 0 aliphatic carbocycles. The molecular formula is C16H16BrNO3S. The fourth-order valence-corrected chi connectivity index (χ4v) is 3.23. The van der Waals surface area contributed by atoms with E-state index >= 15 is 0 Å². The Kier molecular flexibility index (Phi) is 6.15. The highest BCUT2D eigenvalue weighted by atomic mass is 79.9. The van der Waals surface area contributed by atoms with Crippen molar-refractivity contribution in [2.45, 2.75) is 25.3 Å². The fraction of sp³-hybridized carbons (Fsp3) is 0.250. The number of aryl methyl sites for hydroxylation is 1. The van der Waals surface area contributed by atoms with Crippen molar-refractivity contribution >= 4 is 39.1 Å². The lowest BCUT2D eigenvalue weighted by Gasteiger charge is -2.17. The molecule has 22 heavy (non-hydrogen) atoms. The number of amides is 1. The maximum atomic E-state index is 12.1. The molecule has 2 N–H and O–H groups in total. The van der Waals surface area contributed by atoms with Crippen LogP contribution in [0.15, 0.2) is 45.6 Å². The summed E-state index contributed by atoms with van der Waals surface area (Å²) in [6, 6.07) is 8.79. The highest BCUT2D eigenvalue weighted by Crippen LogP contribution is 2.21. The van der Waals surface area contributed by atoms with Gasteiger partial charge in [0.05, 0.1) is 12.5 Å². The van der Waals surface area contributed by atoms with Crippen LogP contribution in [0.1, 0.15) is 30.0 Å². The topological polar surface area (TPSA) is 66.4 Å². The van der Waals surface area contributed by atoms with Gasteiger partial charge in [-0.2, -0.15) is 11.3 Å². The first-order valence-corrected chi connectivity index (χ1v) is 8.56. The Bertz CT molecular complexity index is 643. The van der Waals surface area contributed by atoms with Gasteiger partial charge in [-0.1, -0.05) is 28.1 Å². The maximum absolute atomic E-state index is 12.1. The molecule has 0 spiro atoms. The van der Waals surface area contributed by atoms with Crippen molar-refractivity contribution in [3.8, 4) is 0 Å². The molecule has 4 nitrogen and oxygen atoms in total. The average molecular weight is 382 g/mol. The van der Waals surface area contributed by atoms with Crippen LogP contribution in [0, 0.1) is 0 Å². The van der Waals surface area contributed by atoms with E-state index in [1.54, 1.807) is 11.3 Å². The molecule has 1 aromatic heterocycles. The second-order valence-corrected chi connectivity index (χ2v) is 6.60. The predicted molar refractivity (Wildman–Crippen MR) is 89.9 cm³/mol. The molecule has 1 aromatic carbocycles. The van der Waals surface area contributed by atoms with Crippen LogP contribution in [0.4, 0.5) is 0 Å². The van der Waals surface area contributed by atoms with Crippen molar-refractivity contribution in [1.29, 1.82) is 0 Å². The number of rotatable bonds is 7. The molecule has 0 fully saturated rings. The van der Waals surface area contributed by atoms with Gasteiger partial charge in [0, 0.05) is 10.9 Å². The highest BCUT2D eigenvalue weighted by Gasteiger charge is 2.18. The van der Waals surface area contributed by atoms with Crippen molar-refractivity contribution < 1.29 is 14.7 Å². The van der Waals surface area contributed by atoms with Gasteiger partial charge in [0.25, 0.3) is 0 Å². The third kappa shape index (κ3) is 5.27. The number of carboxylic acids is 1. The molecule has 1 unspecified atom stereocenters. The standard InChI is InChI=1S/C16H16BrNO3S/c17-13-3-1-2-12(8-13)14(9-16(20)21)18-15(19)5-4-11-6-7-22-10-11/h1-3,6-8,10,14H,4-5,9H2,(H,18,19)(H,20,21).